The third kappa shape index (κ3) is 4.70. The van der Waals surface area contributed by atoms with Gasteiger partial charge in [0.15, 0.2) is 0 Å². The molecule has 0 aromatic carbocycles. The summed E-state index contributed by atoms with van der Waals surface area (Å²) in [5.41, 5.74) is -0.286. The first kappa shape index (κ1) is 18.0. The fraction of sp³-hybridized carbons (Fsp3) is 0.875. The summed E-state index contributed by atoms with van der Waals surface area (Å²) in [5, 5.41) is 2.88. The first-order chi connectivity index (χ1) is 9.86. The smallest absolute Gasteiger partial charge is 0.245 e. The van der Waals surface area contributed by atoms with Crippen LogP contribution in [0.2, 0.25) is 0 Å². The quantitative estimate of drug-likeness (QED) is 0.746. The minimum atomic E-state index is -0.360. The van der Waals surface area contributed by atoms with Crippen LogP contribution >= 0.6 is 0 Å². The number of carbonyl (C=O) groups is 2. The molecule has 0 spiro atoms. The molecule has 1 heterocycles. The predicted octanol–water partition coefficient (Wildman–Crippen LogP) is 2.10. The van der Waals surface area contributed by atoms with Gasteiger partial charge in [-0.25, -0.2) is 0 Å². The van der Waals surface area contributed by atoms with E-state index in [2.05, 4.69) is 5.32 Å². The molecule has 122 valence electrons. The standard InChI is InChI=1S/C16H30N2O3/c1-6-8-12-15(20)18(11-10-16(3,4)21-5)13(9-7-2)14(19)17-12/h12-13H,6-11H2,1-5H3,(H,17,19). The topological polar surface area (TPSA) is 58.6 Å². The number of nitrogens with zero attached hydrogens (tertiary/aromatic N) is 1. The lowest BCUT2D eigenvalue weighted by molar-refractivity contribution is -0.150. The molecule has 0 saturated carbocycles. The average molecular weight is 298 g/mol. The number of carbonyl (C=O) groups excluding carboxylic acids is 2. The number of ether oxygens (including phenoxy) is 1. The second-order valence-electron chi connectivity index (χ2n) is 6.40. The monoisotopic (exact) mass is 298 g/mol. The van der Waals surface area contributed by atoms with Crippen molar-refractivity contribution >= 4 is 11.8 Å². The molecule has 1 saturated heterocycles. The number of hydrogen-bond acceptors (Lipinski definition) is 3. The van der Waals surface area contributed by atoms with Crippen LogP contribution in [-0.4, -0.2) is 48.1 Å². The van der Waals surface area contributed by atoms with Gasteiger partial charge in [-0.3, -0.25) is 9.59 Å². The van der Waals surface area contributed by atoms with Crippen molar-refractivity contribution in [2.75, 3.05) is 13.7 Å². The summed E-state index contributed by atoms with van der Waals surface area (Å²) in [4.78, 5) is 26.7. The van der Waals surface area contributed by atoms with E-state index in [0.29, 0.717) is 19.4 Å². The van der Waals surface area contributed by atoms with Crippen LogP contribution in [-0.2, 0) is 14.3 Å². The van der Waals surface area contributed by atoms with E-state index >= 15 is 0 Å². The van der Waals surface area contributed by atoms with Gasteiger partial charge < -0.3 is 15.0 Å². The molecule has 0 aromatic rings. The van der Waals surface area contributed by atoms with Crippen LogP contribution in [0.15, 0.2) is 0 Å². The van der Waals surface area contributed by atoms with Crippen molar-refractivity contribution in [3.63, 3.8) is 0 Å². The molecule has 2 unspecified atom stereocenters. The van der Waals surface area contributed by atoms with E-state index in [9.17, 15) is 9.59 Å². The molecule has 5 nitrogen and oxygen atoms in total. The van der Waals surface area contributed by atoms with E-state index < -0.39 is 0 Å². The number of amides is 2. The maximum absolute atomic E-state index is 12.6. The summed E-state index contributed by atoms with van der Waals surface area (Å²) in [6.45, 7) is 8.63. The third-order valence-electron chi connectivity index (χ3n) is 4.22. The Morgan fingerprint density at radius 3 is 2.33 bits per heavy atom. The summed E-state index contributed by atoms with van der Waals surface area (Å²) in [7, 11) is 1.67. The van der Waals surface area contributed by atoms with E-state index in [-0.39, 0.29) is 29.5 Å². The van der Waals surface area contributed by atoms with Crippen molar-refractivity contribution < 1.29 is 14.3 Å². The van der Waals surface area contributed by atoms with Gasteiger partial charge in [0.25, 0.3) is 0 Å². The second-order valence-corrected chi connectivity index (χ2v) is 6.40. The number of nitrogens with one attached hydrogen (secondary N) is 1. The highest BCUT2D eigenvalue weighted by Crippen LogP contribution is 2.21. The molecule has 1 fully saturated rings. The van der Waals surface area contributed by atoms with Crippen molar-refractivity contribution in [1.29, 1.82) is 0 Å². The summed E-state index contributed by atoms with van der Waals surface area (Å²) < 4.78 is 5.42. The maximum Gasteiger partial charge on any atom is 0.245 e. The maximum atomic E-state index is 12.6. The first-order valence-corrected chi connectivity index (χ1v) is 8.02. The van der Waals surface area contributed by atoms with Gasteiger partial charge in [-0.2, -0.15) is 0 Å². The van der Waals surface area contributed by atoms with Crippen LogP contribution < -0.4 is 5.32 Å². The summed E-state index contributed by atoms with van der Waals surface area (Å²) >= 11 is 0. The lowest BCUT2D eigenvalue weighted by Gasteiger charge is -2.40. The lowest BCUT2D eigenvalue weighted by Crippen LogP contribution is -2.63. The van der Waals surface area contributed by atoms with Crippen LogP contribution in [0.1, 0.15) is 59.8 Å². The van der Waals surface area contributed by atoms with E-state index in [1.807, 2.05) is 27.7 Å². The summed E-state index contributed by atoms with van der Waals surface area (Å²) in [6, 6.07) is -0.690. The zero-order chi connectivity index (χ0) is 16.0. The van der Waals surface area contributed by atoms with Gasteiger partial charge >= 0.3 is 0 Å². The molecule has 1 N–H and O–H groups in total. The molecule has 0 bridgehead atoms. The molecule has 0 aromatic heterocycles. The minimum Gasteiger partial charge on any atom is -0.379 e. The van der Waals surface area contributed by atoms with Gasteiger partial charge in [0, 0.05) is 13.7 Å². The molecule has 2 atom stereocenters. The molecular formula is C16H30N2O3. The Labute approximate surface area is 128 Å². The molecule has 1 aliphatic heterocycles. The number of piperazine rings is 1. The lowest BCUT2D eigenvalue weighted by atomic mass is 9.98. The van der Waals surface area contributed by atoms with Gasteiger partial charge in [-0.05, 0) is 33.1 Å². The zero-order valence-corrected chi connectivity index (χ0v) is 14.1. The highest BCUT2D eigenvalue weighted by Gasteiger charge is 2.39. The van der Waals surface area contributed by atoms with Crippen LogP contribution in [0.3, 0.4) is 0 Å². The van der Waals surface area contributed by atoms with E-state index in [1.165, 1.54) is 0 Å². The highest BCUT2D eigenvalue weighted by molar-refractivity contribution is 5.96. The highest BCUT2D eigenvalue weighted by atomic mass is 16.5. The van der Waals surface area contributed by atoms with Crippen LogP contribution in [0.25, 0.3) is 0 Å². The Hall–Kier alpha value is -1.10. The van der Waals surface area contributed by atoms with Gasteiger partial charge in [0.05, 0.1) is 5.60 Å². The van der Waals surface area contributed by atoms with Gasteiger partial charge in [-0.15, -0.1) is 0 Å². The van der Waals surface area contributed by atoms with E-state index in [4.69, 9.17) is 4.74 Å². The predicted molar refractivity (Wildman–Crippen MR) is 83.0 cm³/mol. The van der Waals surface area contributed by atoms with Crippen LogP contribution in [0.5, 0.6) is 0 Å². The Morgan fingerprint density at radius 2 is 1.81 bits per heavy atom. The average Bonchev–Trinajstić information content (AvgIpc) is 2.44. The number of hydrogen-bond donors (Lipinski definition) is 1. The van der Waals surface area contributed by atoms with Crippen molar-refractivity contribution in [2.24, 2.45) is 0 Å². The Morgan fingerprint density at radius 1 is 1.19 bits per heavy atom. The fourth-order valence-corrected chi connectivity index (χ4v) is 2.63. The van der Waals surface area contributed by atoms with E-state index in [1.54, 1.807) is 12.0 Å². The van der Waals surface area contributed by atoms with Gasteiger partial charge in [0.2, 0.25) is 11.8 Å². The third-order valence-corrected chi connectivity index (χ3v) is 4.22. The van der Waals surface area contributed by atoms with E-state index in [0.717, 1.165) is 19.3 Å². The van der Waals surface area contributed by atoms with Gasteiger partial charge in [-0.1, -0.05) is 26.7 Å². The van der Waals surface area contributed by atoms with Crippen LogP contribution in [0, 0.1) is 0 Å². The second kappa shape index (κ2) is 7.78. The summed E-state index contributed by atoms with van der Waals surface area (Å²) in [5.74, 6) is 0.0481. The van der Waals surface area contributed by atoms with Crippen molar-refractivity contribution in [3.8, 4) is 0 Å². The Kier molecular flexibility index (Phi) is 6.65. The molecule has 0 radical (unpaired) electrons. The fourth-order valence-electron chi connectivity index (χ4n) is 2.63. The zero-order valence-electron chi connectivity index (χ0n) is 14.1. The minimum absolute atomic E-state index is 0.00915. The normalized spacial score (nSPS) is 23.4. The number of rotatable bonds is 8. The van der Waals surface area contributed by atoms with Crippen molar-refractivity contribution in [2.45, 2.75) is 77.5 Å². The first-order valence-electron chi connectivity index (χ1n) is 8.02. The Balaban J connectivity index is 2.84. The molecule has 0 aliphatic carbocycles. The molecule has 1 aliphatic rings. The molecule has 2 amide bonds. The van der Waals surface area contributed by atoms with Crippen molar-refractivity contribution in [3.05, 3.63) is 0 Å². The largest absolute Gasteiger partial charge is 0.379 e. The van der Waals surface area contributed by atoms with Gasteiger partial charge in [0.1, 0.15) is 12.1 Å². The molecule has 5 heteroatoms. The summed E-state index contributed by atoms with van der Waals surface area (Å²) in [6.07, 6.45) is 3.90. The Bertz CT molecular complexity index is 369. The number of methoxy groups -OCH3 is 1. The molecular weight excluding hydrogens is 268 g/mol. The van der Waals surface area contributed by atoms with Crippen LogP contribution in [0.4, 0.5) is 0 Å². The van der Waals surface area contributed by atoms with Crippen molar-refractivity contribution in [1.82, 2.24) is 10.2 Å². The molecule has 21 heavy (non-hydrogen) atoms. The molecule has 1 rings (SSSR count). The SMILES string of the molecule is CCCC1NC(=O)C(CCC)N(CCC(C)(C)OC)C1=O.